The standard InChI is InChI=1S/C13H26O3/c1-4-5-6-7-8-9-12(14)10-11-13(15-2)16-3/h10-14H,4-9H2,1-3H3/b11-10+/t12-/m1/s1. The maximum atomic E-state index is 9.65. The van der Waals surface area contributed by atoms with Crippen LogP contribution in [0, 0.1) is 0 Å². The number of aliphatic hydroxyl groups excluding tert-OH is 1. The molecule has 3 nitrogen and oxygen atoms in total. The van der Waals surface area contributed by atoms with Gasteiger partial charge in [-0.1, -0.05) is 45.1 Å². The van der Waals surface area contributed by atoms with Crippen molar-refractivity contribution < 1.29 is 14.6 Å². The lowest BCUT2D eigenvalue weighted by atomic mass is 10.1. The minimum absolute atomic E-state index is 0.352. The Labute approximate surface area is 99.5 Å². The molecule has 0 heterocycles. The Morgan fingerprint density at radius 1 is 1.00 bits per heavy atom. The fourth-order valence-corrected chi connectivity index (χ4v) is 1.53. The van der Waals surface area contributed by atoms with Gasteiger partial charge in [0.25, 0.3) is 0 Å². The van der Waals surface area contributed by atoms with Gasteiger partial charge in [0.1, 0.15) is 0 Å². The Hall–Kier alpha value is -0.380. The number of methoxy groups -OCH3 is 2. The highest BCUT2D eigenvalue weighted by Gasteiger charge is 2.02. The summed E-state index contributed by atoms with van der Waals surface area (Å²) >= 11 is 0. The first-order chi connectivity index (χ1) is 7.74. The van der Waals surface area contributed by atoms with Crippen LogP contribution in [0.2, 0.25) is 0 Å². The second-order valence-electron chi connectivity index (χ2n) is 3.99. The molecule has 1 atom stereocenters. The first kappa shape index (κ1) is 15.6. The quantitative estimate of drug-likeness (QED) is 0.356. The molecule has 0 amide bonds. The predicted octanol–water partition coefficient (Wildman–Crippen LogP) is 2.88. The van der Waals surface area contributed by atoms with Crippen LogP contribution in [0.25, 0.3) is 0 Å². The molecule has 0 aromatic heterocycles. The first-order valence-electron chi connectivity index (χ1n) is 6.16. The zero-order valence-corrected chi connectivity index (χ0v) is 10.8. The summed E-state index contributed by atoms with van der Waals surface area (Å²) in [4.78, 5) is 0. The van der Waals surface area contributed by atoms with Crippen molar-refractivity contribution in [3.63, 3.8) is 0 Å². The molecule has 0 aliphatic heterocycles. The topological polar surface area (TPSA) is 38.7 Å². The van der Waals surface area contributed by atoms with E-state index in [-0.39, 0.29) is 12.4 Å². The Morgan fingerprint density at radius 3 is 2.19 bits per heavy atom. The molecule has 0 rings (SSSR count). The van der Waals surface area contributed by atoms with Crippen LogP contribution >= 0.6 is 0 Å². The Balaban J connectivity index is 3.53. The molecule has 1 N–H and O–H groups in total. The third-order valence-corrected chi connectivity index (χ3v) is 2.56. The van der Waals surface area contributed by atoms with Gasteiger partial charge in [-0.2, -0.15) is 0 Å². The van der Waals surface area contributed by atoms with Gasteiger partial charge < -0.3 is 14.6 Å². The van der Waals surface area contributed by atoms with Crippen LogP contribution < -0.4 is 0 Å². The Kier molecular flexibility index (Phi) is 10.9. The number of aliphatic hydroxyl groups is 1. The van der Waals surface area contributed by atoms with Gasteiger partial charge in [-0.05, 0) is 12.5 Å². The lowest BCUT2D eigenvalue weighted by molar-refractivity contribution is -0.0671. The summed E-state index contributed by atoms with van der Waals surface area (Å²) in [5.74, 6) is 0. The number of ether oxygens (including phenoxy) is 2. The Bertz CT molecular complexity index is 165. The predicted molar refractivity (Wildman–Crippen MR) is 66.3 cm³/mol. The Morgan fingerprint density at radius 2 is 1.62 bits per heavy atom. The molecular formula is C13H26O3. The van der Waals surface area contributed by atoms with E-state index >= 15 is 0 Å². The molecule has 0 aliphatic carbocycles. The fourth-order valence-electron chi connectivity index (χ4n) is 1.53. The van der Waals surface area contributed by atoms with Crippen LogP contribution in [0.3, 0.4) is 0 Å². The summed E-state index contributed by atoms with van der Waals surface area (Å²) in [5, 5.41) is 9.65. The highest BCUT2D eigenvalue weighted by molar-refractivity contribution is 4.90. The number of rotatable bonds is 10. The summed E-state index contributed by atoms with van der Waals surface area (Å²) in [7, 11) is 3.16. The molecule has 0 aromatic rings. The molecule has 0 saturated carbocycles. The molecule has 3 heteroatoms. The molecule has 0 unspecified atom stereocenters. The second kappa shape index (κ2) is 11.1. The van der Waals surface area contributed by atoms with Crippen molar-refractivity contribution in [2.75, 3.05) is 14.2 Å². The van der Waals surface area contributed by atoms with E-state index < -0.39 is 0 Å². The smallest absolute Gasteiger partial charge is 0.176 e. The summed E-state index contributed by atoms with van der Waals surface area (Å²) in [6.07, 6.45) is 9.68. The third kappa shape index (κ3) is 8.89. The number of hydrogen-bond acceptors (Lipinski definition) is 3. The highest BCUT2D eigenvalue weighted by atomic mass is 16.7. The molecule has 0 spiro atoms. The third-order valence-electron chi connectivity index (χ3n) is 2.56. The molecular weight excluding hydrogens is 204 g/mol. The first-order valence-corrected chi connectivity index (χ1v) is 6.16. The van der Waals surface area contributed by atoms with E-state index in [0.29, 0.717) is 0 Å². The van der Waals surface area contributed by atoms with E-state index in [9.17, 15) is 5.11 Å². The van der Waals surface area contributed by atoms with E-state index in [4.69, 9.17) is 9.47 Å². The molecule has 0 fully saturated rings. The van der Waals surface area contributed by atoms with Gasteiger partial charge in [-0.3, -0.25) is 0 Å². The van der Waals surface area contributed by atoms with Crippen LogP contribution in [-0.2, 0) is 9.47 Å². The summed E-state index contributed by atoms with van der Waals surface area (Å²) in [5.41, 5.74) is 0. The highest BCUT2D eigenvalue weighted by Crippen LogP contribution is 2.08. The van der Waals surface area contributed by atoms with Gasteiger partial charge in [0.2, 0.25) is 0 Å². The van der Waals surface area contributed by atoms with Gasteiger partial charge in [-0.25, -0.2) is 0 Å². The van der Waals surface area contributed by atoms with Crippen molar-refractivity contribution in [3.8, 4) is 0 Å². The van der Waals surface area contributed by atoms with Crippen LogP contribution in [0.1, 0.15) is 45.4 Å². The van der Waals surface area contributed by atoms with Crippen LogP contribution in [0.4, 0.5) is 0 Å². The molecule has 16 heavy (non-hydrogen) atoms. The van der Waals surface area contributed by atoms with E-state index in [2.05, 4.69) is 6.92 Å². The van der Waals surface area contributed by atoms with Gasteiger partial charge in [0.15, 0.2) is 6.29 Å². The van der Waals surface area contributed by atoms with Gasteiger partial charge in [-0.15, -0.1) is 0 Å². The average Bonchev–Trinajstić information content (AvgIpc) is 2.30. The zero-order chi connectivity index (χ0) is 12.2. The van der Waals surface area contributed by atoms with Crippen molar-refractivity contribution in [1.29, 1.82) is 0 Å². The minimum Gasteiger partial charge on any atom is -0.389 e. The normalized spacial score (nSPS) is 13.8. The van der Waals surface area contributed by atoms with Crippen LogP contribution in [0.5, 0.6) is 0 Å². The zero-order valence-electron chi connectivity index (χ0n) is 10.8. The summed E-state index contributed by atoms with van der Waals surface area (Å²) < 4.78 is 9.97. The van der Waals surface area contributed by atoms with E-state index in [0.717, 1.165) is 12.8 Å². The van der Waals surface area contributed by atoms with Crippen molar-refractivity contribution >= 4 is 0 Å². The molecule has 0 aliphatic rings. The van der Waals surface area contributed by atoms with Gasteiger partial charge >= 0.3 is 0 Å². The lowest BCUT2D eigenvalue weighted by Gasteiger charge is -2.09. The van der Waals surface area contributed by atoms with Crippen molar-refractivity contribution in [1.82, 2.24) is 0 Å². The number of unbranched alkanes of at least 4 members (excludes halogenated alkanes) is 4. The van der Waals surface area contributed by atoms with Crippen LogP contribution in [-0.4, -0.2) is 31.7 Å². The van der Waals surface area contributed by atoms with Gasteiger partial charge in [0, 0.05) is 14.2 Å². The molecule has 0 aromatic carbocycles. The van der Waals surface area contributed by atoms with Crippen molar-refractivity contribution in [2.45, 2.75) is 57.8 Å². The maximum absolute atomic E-state index is 9.65. The minimum atomic E-state index is -0.380. The summed E-state index contributed by atoms with van der Waals surface area (Å²) in [6.45, 7) is 2.20. The lowest BCUT2D eigenvalue weighted by Crippen LogP contribution is -2.11. The van der Waals surface area contributed by atoms with Crippen molar-refractivity contribution in [2.24, 2.45) is 0 Å². The molecule has 0 saturated heterocycles. The second-order valence-corrected chi connectivity index (χ2v) is 3.99. The SMILES string of the molecule is CCCCCCC[C@@H](O)/C=C/C(OC)OC. The summed E-state index contributed by atoms with van der Waals surface area (Å²) in [6, 6.07) is 0. The molecule has 96 valence electrons. The molecule has 0 bridgehead atoms. The number of hydrogen-bond donors (Lipinski definition) is 1. The molecule has 0 radical (unpaired) electrons. The average molecular weight is 230 g/mol. The van der Waals surface area contributed by atoms with Crippen LogP contribution in [0.15, 0.2) is 12.2 Å². The monoisotopic (exact) mass is 230 g/mol. The van der Waals surface area contributed by atoms with Crippen molar-refractivity contribution in [3.05, 3.63) is 12.2 Å². The van der Waals surface area contributed by atoms with E-state index in [1.807, 2.05) is 0 Å². The fraction of sp³-hybridized carbons (Fsp3) is 0.846. The van der Waals surface area contributed by atoms with Gasteiger partial charge in [0.05, 0.1) is 6.10 Å². The van der Waals surface area contributed by atoms with E-state index in [1.165, 1.54) is 25.7 Å². The maximum Gasteiger partial charge on any atom is 0.176 e. The van der Waals surface area contributed by atoms with E-state index in [1.54, 1.807) is 26.4 Å². The largest absolute Gasteiger partial charge is 0.389 e.